The highest BCUT2D eigenvalue weighted by molar-refractivity contribution is 5.86. The number of pyridine rings is 1. The minimum Gasteiger partial charge on any atom is -0.322 e. The Morgan fingerprint density at radius 2 is 1.79 bits per heavy atom. The Hall–Kier alpha value is -2.25. The normalized spacial score (nSPS) is 13.5. The maximum absolute atomic E-state index is 13.1. The van der Waals surface area contributed by atoms with Crippen LogP contribution in [0.2, 0.25) is 0 Å². The van der Waals surface area contributed by atoms with Crippen molar-refractivity contribution in [1.29, 1.82) is 0 Å². The zero-order valence-electron chi connectivity index (χ0n) is 12.5. The first-order valence-electron chi connectivity index (χ1n) is 7.01. The van der Waals surface area contributed by atoms with E-state index in [0.29, 0.717) is 6.07 Å². The van der Waals surface area contributed by atoms with E-state index in [0.717, 1.165) is 12.1 Å². The molecule has 0 fully saturated rings. The molecule has 0 saturated carbocycles. The number of aromatic nitrogens is 1. The van der Waals surface area contributed by atoms with Gasteiger partial charge in [-0.15, -0.1) is 0 Å². The summed E-state index contributed by atoms with van der Waals surface area (Å²) < 4.78 is 76.4. The zero-order chi connectivity index (χ0) is 18.1. The molecule has 0 atom stereocenters. The maximum atomic E-state index is 13.1. The molecule has 2 nitrogen and oxygen atoms in total. The third-order valence-electron chi connectivity index (χ3n) is 3.48. The largest absolute Gasteiger partial charge is 0.417 e. The molecule has 0 unspecified atom stereocenters. The molecule has 0 saturated heterocycles. The Morgan fingerprint density at radius 3 is 2.33 bits per heavy atom. The summed E-state index contributed by atoms with van der Waals surface area (Å²) in [5.74, 6) is 0. The second-order valence-electron chi connectivity index (χ2n) is 5.21. The van der Waals surface area contributed by atoms with E-state index in [-0.39, 0.29) is 28.5 Å². The number of allylic oxidation sites excluding steroid dienone is 2. The van der Waals surface area contributed by atoms with Crippen LogP contribution in [0.1, 0.15) is 30.9 Å². The fraction of sp³-hybridized carbons (Fsp3) is 0.312. The van der Waals surface area contributed by atoms with Crippen molar-refractivity contribution < 1.29 is 26.3 Å². The average molecular weight is 349 g/mol. The van der Waals surface area contributed by atoms with Crippen LogP contribution in [0.5, 0.6) is 0 Å². The molecule has 0 aliphatic rings. The van der Waals surface area contributed by atoms with Gasteiger partial charge < -0.3 is 4.98 Å². The molecule has 2 rings (SSSR count). The number of alkyl halides is 6. The van der Waals surface area contributed by atoms with Crippen molar-refractivity contribution in [2.24, 2.45) is 0 Å². The molecule has 0 spiro atoms. The Bertz CT molecular complexity index is 829. The fourth-order valence-electron chi connectivity index (χ4n) is 2.39. The fourth-order valence-corrected chi connectivity index (χ4v) is 2.39. The van der Waals surface area contributed by atoms with Crippen molar-refractivity contribution in [1.82, 2.24) is 4.98 Å². The molecule has 0 bridgehead atoms. The van der Waals surface area contributed by atoms with Crippen molar-refractivity contribution in [3.05, 3.63) is 51.8 Å². The van der Waals surface area contributed by atoms with Crippen LogP contribution in [0.25, 0.3) is 16.5 Å². The topological polar surface area (TPSA) is 32.9 Å². The molecule has 1 aromatic heterocycles. The first kappa shape index (κ1) is 18.1. The lowest BCUT2D eigenvalue weighted by Crippen LogP contribution is -2.14. The predicted molar refractivity (Wildman–Crippen MR) is 78.5 cm³/mol. The van der Waals surface area contributed by atoms with Crippen molar-refractivity contribution in [3.8, 4) is 0 Å². The Balaban J connectivity index is 2.62. The molecule has 1 heterocycles. The molecule has 1 N–H and O–H groups in total. The number of halogens is 6. The maximum Gasteiger partial charge on any atom is 0.417 e. The Kier molecular flexibility index (Phi) is 4.77. The van der Waals surface area contributed by atoms with Crippen LogP contribution in [0.15, 0.2) is 35.1 Å². The second kappa shape index (κ2) is 6.33. The summed E-state index contributed by atoms with van der Waals surface area (Å²) in [7, 11) is 0. The highest BCUT2D eigenvalue weighted by Gasteiger charge is 2.33. The lowest BCUT2D eigenvalue weighted by atomic mass is 9.98. The SMILES string of the molecule is CCC(=CCC(F)(F)F)c1ccc2[nH]c(=O)cc(C(F)(F)F)c2c1. The summed E-state index contributed by atoms with van der Waals surface area (Å²) in [6.07, 6.45) is -9.11. The molecule has 0 radical (unpaired) electrons. The summed E-state index contributed by atoms with van der Waals surface area (Å²) in [4.78, 5) is 13.6. The minimum absolute atomic E-state index is 0.0233. The molecule has 8 heteroatoms. The molecule has 24 heavy (non-hydrogen) atoms. The summed E-state index contributed by atoms with van der Waals surface area (Å²) in [6.45, 7) is 1.62. The summed E-state index contributed by atoms with van der Waals surface area (Å²) >= 11 is 0. The number of aromatic amines is 1. The van der Waals surface area contributed by atoms with Crippen LogP contribution in [-0.4, -0.2) is 11.2 Å². The molecule has 130 valence electrons. The third kappa shape index (κ3) is 4.18. The summed E-state index contributed by atoms with van der Waals surface area (Å²) in [6, 6.07) is 4.25. The minimum atomic E-state index is -4.74. The standard InChI is InChI=1S/C16H13F6NO/c1-2-9(5-6-15(17,18)19)10-3-4-13-11(7-10)12(16(20,21)22)8-14(24)23-13/h3-5,7-8H,2,6H2,1H3,(H,23,24). The second-order valence-corrected chi connectivity index (χ2v) is 5.21. The predicted octanol–water partition coefficient (Wildman–Crippen LogP) is 5.29. The van der Waals surface area contributed by atoms with Gasteiger partial charge in [0.1, 0.15) is 0 Å². The van der Waals surface area contributed by atoms with E-state index in [9.17, 15) is 31.1 Å². The summed E-state index contributed by atoms with van der Waals surface area (Å²) in [5.41, 5.74) is -1.49. The molecule has 0 amide bonds. The number of H-pyrrole nitrogens is 1. The molecule has 1 aromatic carbocycles. The van der Waals surface area contributed by atoms with Gasteiger partial charge in [0.25, 0.3) is 0 Å². The van der Waals surface area contributed by atoms with E-state index in [1.54, 1.807) is 6.92 Å². The van der Waals surface area contributed by atoms with Crippen molar-refractivity contribution in [2.45, 2.75) is 32.1 Å². The van der Waals surface area contributed by atoms with Gasteiger partial charge in [0.05, 0.1) is 12.0 Å². The molecule has 0 aliphatic carbocycles. The monoisotopic (exact) mass is 349 g/mol. The van der Waals surface area contributed by atoms with Gasteiger partial charge in [0, 0.05) is 17.0 Å². The Labute approximate surface area is 132 Å². The van der Waals surface area contributed by atoms with Crippen LogP contribution in [0.3, 0.4) is 0 Å². The number of fused-ring (bicyclic) bond motifs is 1. The Morgan fingerprint density at radius 1 is 1.12 bits per heavy atom. The average Bonchev–Trinajstić information content (AvgIpc) is 2.45. The van der Waals surface area contributed by atoms with E-state index in [1.165, 1.54) is 12.1 Å². The van der Waals surface area contributed by atoms with Crippen molar-refractivity contribution in [2.75, 3.05) is 0 Å². The number of rotatable bonds is 3. The highest BCUT2D eigenvalue weighted by Crippen LogP contribution is 2.35. The lowest BCUT2D eigenvalue weighted by molar-refractivity contribution is -0.136. The van der Waals surface area contributed by atoms with Gasteiger partial charge in [0.2, 0.25) is 5.56 Å². The molecular formula is C16H13F6NO. The van der Waals surface area contributed by atoms with Crippen molar-refractivity contribution >= 4 is 16.5 Å². The van der Waals surface area contributed by atoms with Crippen LogP contribution < -0.4 is 5.56 Å². The molecular weight excluding hydrogens is 336 g/mol. The van der Waals surface area contributed by atoms with Crippen LogP contribution in [0, 0.1) is 0 Å². The van der Waals surface area contributed by atoms with Gasteiger partial charge in [-0.05, 0) is 29.7 Å². The van der Waals surface area contributed by atoms with E-state index >= 15 is 0 Å². The first-order valence-corrected chi connectivity index (χ1v) is 7.01. The number of benzene rings is 1. The van der Waals surface area contributed by atoms with E-state index in [1.807, 2.05) is 0 Å². The smallest absolute Gasteiger partial charge is 0.322 e. The summed E-state index contributed by atoms with van der Waals surface area (Å²) in [5, 5.41) is -0.258. The quantitative estimate of drug-likeness (QED) is 0.750. The molecule has 0 aliphatic heterocycles. The van der Waals surface area contributed by atoms with Gasteiger partial charge in [-0.3, -0.25) is 4.79 Å². The van der Waals surface area contributed by atoms with Gasteiger partial charge in [-0.25, -0.2) is 0 Å². The number of nitrogens with one attached hydrogen (secondary N) is 1. The van der Waals surface area contributed by atoms with Gasteiger partial charge in [0.15, 0.2) is 0 Å². The number of hydrogen-bond donors (Lipinski definition) is 1. The zero-order valence-corrected chi connectivity index (χ0v) is 12.5. The van der Waals surface area contributed by atoms with Crippen LogP contribution in [-0.2, 0) is 6.18 Å². The van der Waals surface area contributed by atoms with Gasteiger partial charge in [-0.2, -0.15) is 26.3 Å². The van der Waals surface area contributed by atoms with E-state index in [4.69, 9.17) is 0 Å². The third-order valence-corrected chi connectivity index (χ3v) is 3.48. The van der Waals surface area contributed by atoms with Crippen LogP contribution in [0.4, 0.5) is 26.3 Å². The van der Waals surface area contributed by atoms with E-state index < -0.39 is 29.9 Å². The van der Waals surface area contributed by atoms with Gasteiger partial charge in [-0.1, -0.05) is 19.1 Å². The van der Waals surface area contributed by atoms with Gasteiger partial charge >= 0.3 is 12.4 Å². The molecule has 2 aromatic rings. The number of hydrogen-bond acceptors (Lipinski definition) is 1. The first-order chi connectivity index (χ1) is 11.0. The van der Waals surface area contributed by atoms with Crippen LogP contribution >= 0.6 is 0 Å². The highest BCUT2D eigenvalue weighted by atomic mass is 19.4. The van der Waals surface area contributed by atoms with Crippen molar-refractivity contribution in [3.63, 3.8) is 0 Å². The lowest BCUT2D eigenvalue weighted by Gasteiger charge is -2.13. The van der Waals surface area contributed by atoms with E-state index in [2.05, 4.69) is 4.98 Å².